The minimum absolute atomic E-state index is 0.180. The van der Waals surface area contributed by atoms with E-state index in [-0.39, 0.29) is 11.6 Å². The molecule has 0 spiro atoms. The molecule has 0 radical (unpaired) electrons. The van der Waals surface area contributed by atoms with Crippen LogP contribution in [-0.2, 0) is 9.59 Å². The summed E-state index contributed by atoms with van der Waals surface area (Å²) in [5.41, 5.74) is 0.323. The molecular weight excluding hydrogens is 212 g/mol. The fourth-order valence-electron chi connectivity index (χ4n) is 3.91. The Morgan fingerprint density at radius 3 is 2.53 bits per heavy atom. The van der Waals surface area contributed by atoms with Gasteiger partial charge in [-0.3, -0.25) is 9.59 Å². The second kappa shape index (κ2) is 4.08. The predicted molar refractivity (Wildman–Crippen MR) is 67.5 cm³/mol. The first-order valence-electron chi connectivity index (χ1n) is 6.66. The number of fused-ring (bicyclic) bond motifs is 1. The lowest BCUT2D eigenvalue weighted by Gasteiger charge is -2.46. The zero-order valence-electron chi connectivity index (χ0n) is 11.2. The van der Waals surface area contributed by atoms with Gasteiger partial charge < -0.3 is 0 Å². The van der Waals surface area contributed by atoms with E-state index in [0.29, 0.717) is 17.8 Å². The molecule has 1 saturated carbocycles. The maximum Gasteiger partial charge on any atom is 0.225 e. The van der Waals surface area contributed by atoms with E-state index in [1.54, 1.807) is 0 Å². The van der Waals surface area contributed by atoms with Crippen molar-refractivity contribution in [1.29, 1.82) is 0 Å². The number of hydrogen-bond donors (Lipinski definition) is 0. The second-order valence-corrected chi connectivity index (χ2v) is 6.35. The number of ketones is 2. The molecule has 2 nitrogen and oxygen atoms in total. The van der Waals surface area contributed by atoms with E-state index in [0.717, 1.165) is 24.8 Å². The number of Topliss-reactive ketones (excluding diaryl/α,β-unsaturated/α-hetero) is 2. The highest BCUT2D eigenvalue weighted by Gasteiger charge is 2.52. The molecule has 2 unspecified atom stereocenters. The van der Waals surface area contributed by atoms with Gasteiger partial charge in [0.05, 0.1) is 0 Å². The zero-order valence-corrected chi connectivity index (χ0v) is 11.2. The third-order valence-electron chi connectivity index (χ3n) is 4.52. The summed E-state index contributed by atoms with van der Waals surface area (Å²) in [6, 6.07) is 0. The van der Waals surface area contributed by atoms with E-state index in [1.807, 2.05) is 19.9 Å². The Morgan fingerprint density at radius 1 is 1.29 bits per heavy atom. The molecule has 0 N–H and O–H groups in total. The Bertz CT molecular complexity index is 388. The summed E-state index contributed by atoms with van der Waals surface area (Å²) in [6.07, 6.45) is 5.18. The van der Waals surface area contributed by atoms with Crippen molar-refractivity contribution in [2.24, 2.45) is 23.2 Å². The van der Waals surface area contributed by atoms with Crippen molar-refractivity contribution in [2.75, 3.05) is 0 Å². The molecule has 2 heteroatoms. The first-order valence-corrected chi connectivity index (χ1v) is 6.66. The third-order valence-corrected chi connectivity index (χ3v) is 4.52. The van der Waals surface area contributed by atoms with Crippen LogP contribution in [0.5, 0.6) is 0 Å². The van der Waals surface area contributed by atoms with Crippen molar-refractivity contribution >= 4 is 11.6 Å². The molecule has 0 heterocycles. The highest BCUT2D eigenvalue weighted by Crippen LogP contribution is 2.49. The molecule has 2 aliphatic carbocycles. The second-order valence-electron chi connectivity index (χ2n) is 6.35. The molecule has 0 aromatic rings. The monoisotopic (exact) mass is 234 g/mol. The maximum absolute atomic E-state index is 12.2. The van der Waals surface area contributed by atoms with E-state index in [9.17, 15) is 9.59 Å². The van der Waals surface area contributed by atoms with Crippen LogP contribution in [0.25, 0.3) is 0 Å². The fraction of sp³-hybridized carbons (Fsp3) is 0.733. The van der Waals surface area contributed by atoms with Crippen LogP contribution in [-0.4, -0.2) is 11.6 Å². The van der Waals surface area contributed by atoms with Crippen LogP contribution in [0, 0.1) is 23.2 Å². The van der Waals surface area contributed by atoms with Crippen molar-refractivity contribution in [3.05, 3.63) is 11.6 Å². The predicted octanol–water partition coefficient (Wildman–Crippen LogP) is 3.16. The molecule has 2 aliphatic rings. The van der Waals surface area contributed by atoms with Gasteiger partial charge in [-0.15, -0.1) is 0 Å². The van der Waals surface area contributed by atoms with Crippen molar-refractivity contribution in [3.8, 4) is 0 Å². The molecule has 94 valence electrons. The first-order chi connectivity index (χ1) is 7.87. The van der Waals surface area contributed by atoms with Gasteiger partial charge in [-0.05, 0) is 37.0 Å². The lowest BCUT2D eigenvalue weighted by atomic mass is 9.55. The molecule has 0 aromatic heterocycles. The van der Waals surface area contributed by atoms with Crippen molar-refractivity contribution in [3.63, 3.8) is 0 Å². The average molecular weight is 234 g/mol. The fourth-order valence-corrected chi connectivity index (χ4v) is 3.91. The summed E-state index contributed by atoms with van der Waals surface area (Å²) in [7, 11) is 0. The largest absolute Gasteiger partial charge is 0.290 e. The topological polar surface area (TPSA) is 34.1 Å². The van der Waals surface area contributed by atoms with E-state index in [2.05, 4.69) is 13.8 Å². The zero-order chi connectivity index (χ0) is 12.8. The Hall–Kier alpha value is -0.920. The van der Waals surface area contributed by atoms with Gasteiger partial charge in [-0.25, -0.2) is 0 Å². The molecule has 17 heavy (non-hydrogen) atoms. The van der Waals surface area contributed by atoms with Gasteiger partial charge >= 0.3 is 0 Å². The summed E-state index contributed by atoms with van der Waals surface area (Å²) in [5, 5.41) is 0. The lowest BCUT2D eigenvalue weighted by Crippen LogP contribution is -2.51. The van der Waals surface area contributed by atoms with Crippen LogP contribution >= 0.6 is 0 Å². The Morgan fingerprint density at radius 2 is 1.94 bits per heavy atom. The quantitative estimate of drug-likeness (QED) is 0.653. The standard InChI is InChI=1S/C15H22O2/c1-9(2)12-10-7-5-6-8-11(10)13(16)14(17)15(12,3)4/h8-10,12H,5-7H2,1-4H3. The Labute approximate surface area is 103 Å². The molecule has 0 bridgehead atoms. The molecule has 0 aromatic carbocycles. The molecule has 2 rings (SSSR count). The van der Waals surface area contributed by atoms with E-state index < -0.39 is 5.41 Å². The smallest absolute Gasteiger partial charge is 0.225 e. The van der Waals surface area contributed by atoms with E-state index in [1.165, 1.54) is 0 Å². The number of carbonyl (C=O) groups is 2. The number of hydrogen-bond acceptors (Lipinski definition) is 2. The van der Waals surface area contributed by atoms with Crippen molar-refractivity contribution in [1.82, 2.24) is 0 Å². The van der Waals surface area contributed by atoms with E-state index in [4.69, 9.17) is 0 Å². The summed E-state index contributed by atoms with van der Waals surface area (Å²) < 4.78 is 0. The van der Waals surface area contributed by atoms with Gasteiger partial charge in [0, 0.05) is 11.0 Å². The van der Waals surface area contributed by atoms with Gasteiger partial charge in [-0.1, -0.05) is 33.8 Å². The van der Waals surface area contributed by atoms with Crippen LogP contribution in [0.15, 0.2) is 11.6 Å². The minimum Gasteiger partial charge on any atom is -0.290 e. The van der Waals surface area contributed by atoms with Crippen LogP contribution in [0.4, 0.5) is 0 Å². The minimum atomic E-state index is -0.495. The molecule has 0 amide bonds. The number of carbonyl (C=O) groups excluding carboxylic acids is 2. The van der Waals surface area contributed by atoms with Crippen LogP contribution in [0.3, 0.4) is 0 Å². The average Bonchev–Trinajstić information content (AvgIpc) is 2.25. The van der Waals surface area contributed by atoms with Gasteiger partial charge in [-0.2, -0.15) is 0 Å². The highest BCUT2D eigenvalue weighted by molar-refractivity contribution is 6.46. The van der Waals surface area contributed by atoms with Gasteiger partial charge in [0.1, 0.15) is 0 Å². The summed E-state index contributed by atoms with van der Waals surface area (Å²) in [6.45, 7) is 8.23. The summed E-state index contributed by atoms with van der Waals surface area (Å²) >= 11 is 0. The van der Waals surface area contributed by atoms with Crippen molar-refractivity contribution in [2.45, 2.75) is 47.0 Å². The lowest BCUT2D eigenvalue weighted by molar-refractivity contribution is -0.147. The Kier molecular flexibility index (Phi) is 3.01. The van der Waals surface area contributed by atoms with Crippen LogP contribution < -0.4 is 0 Å². The van der Waals surface area contributed by atoms with E-state index >= 15 is 0 Å². The van der Waals surface area contributed by atoms with Gasteiger partial charge in [0.15, 0.2) is 0 Å². The maximum atomic E-state index is 12.2. The third kappa shape index (κ3) is 1.78. The molecule has 0 aliphatic heterocycles. The van der Waals surface area contributed by atoms with Gasteiger partial charge in [0.2, 0.25) is 11.6 Å². The molecule has 2 atom stereocenters. The number of rotatable bonds is 1. The normalized spacial score (nSPS) is 32.4. The highest BCUT2D eigenvalue weighted by atomic mass is 16.2. The number of allylic oxidation sites excluding steroid dienone is 2. The molecular formula is C15H22O2. The first kappa shape index (κ1) is 12.5. The van der Waals surface area contributed by atoms with Gasteiger partial charge in [0.25, 0.3) is 0 Å². The summed E-state index contributed by atoms with van der Waals surface area (Å²) in [4.78, 5) is 24.4. The Balaban J connectivity index is 2.49. The van der Waals surface area contributed by atoms with Crippen LogP contribution in [0.2, 0.25) is 0 Å². The molecule has 0 saturated heterocycles. The van der Waals surface area contributed by atoms with Crippen LogP contribution in [0.1, 0.15) is 47.0 Å². The molecule has 1 fully saturated rings. The SMILES string of the molecule is CC(C)C1C2CCCC=C2C(=O)C(=O)C1(C)C. The van der Waals surface area contributed by atoms with Crippen molar-refractivity contribution < 1.29 is 9.59 Å². The summed E-state index contributed by atoms with van der Waals surface area (Å²) in [5.74, 6) is 0.661.